The number of carbonyl (C=O) groups excluding carboxylic acids is 1. The average molecular weight is 200 g/mol. The van der Waals surface area contributed by atoms with Gasteiger partial charge < -0.3 is 9.53 Å². The molecule has 0 N–H and O–H groups in total. The van der Waals surface area contributed by atoms with Crippen molar-refractivity contribution in [3.8, 4) is 0 Å². The average Bonchev–Trinajstić information content (AvgIpc) is 2.15. The van der Waals surface area contributed by atoms with Crippen molar-refractivity contribution < 1.29 is 11.0 Å². The van der Waals surface area contributed by atoms with E-state index >= 15 is 0 Å². The summed E-state index contributed by atoms with van der Waals surface area (Å²) in [4.78, 5) is 10.8. The molecule has 0 radical (unpaired) electrons. The Hall–Kier alpha value is -0.370. The number of ether oxygens (including phenoxy) is 1. The normalized spacial score (nSPS) is 20.7. The fraction of sp³-hybridized carbons (Fsp3) is 0.917. The van der Waals surface area contributed by atoms with Gasteiger partial charge in [0, 0.05) is 14.5 Å². The molecule has 1 atom stereocenters. The van der Waals surface area contributed by atoms with Gasteiger partial charge in [-0.15, -0.1) is 0 Å². The van der Waals surface area contributed by atoms with E-state index in [1.807, 2.05) is 0 Å². The largest absolute Gasteiger partial charge is 0.378 e. The lowest BCUT2D eigenvalue weighted by atomic mass is 9.97. The van der Waals surface area contributed by atoms with Gasteiger partial charge in [0.1, 0.15) is 5.78 Å². The Morgan fingerprint density at radius 2 is 2.07 bits per heavy atom. The number of rotatable bonds is 5. The predicted molar refractivity (Wildman–Crippen MR) is 59.4 cm³/mol. The molecule has 0 spiro atoms. The summed E-state index contributed by atoms with van der Waals surface area (Å²) in [5, 5.41) is 0. The molecule has 0 amide bonds. The van der Waals surface area contributed by atoms with Crippen LogP contribution in [0.5, 0.6) is 0 Å². The van der Waals surface area contributed by atoms with E-state index in [9.17, 15) is 4.79 Å². The van der Waals surface area contributed by atoms with E-state index in [1.165, 1.54) is 32.1 Å². The maximum atomic E-state index is 10.8. The minimum absolute atomic E-state index is 0. The highest BCUT2D eigenvalue weighted by atomic mass is 16.5. The van der Waals surface area contributed by atoms with Crippen molar-refractivity contribution in [2.75, 3.05) is 6.61 Å². The second-order valence-corrected chi connectivity index (χ2v) is 4.60. The van der Waals surface area contributed by atoms with Crippen molar-refractivity contribution >= 4 is 5.78 Å². The Labute approximate surface area is 88.5 Å². The molecule has 0 unspecified atom stereocenters. The number of hydrogen-bond acceptors (Lipinski definition) is 2. The molecule has 0 aromatic heterocycles. The molecule has 0 heterocycles. The molecule has 14 heavy (non-hydrogen) atoms. The smallest absolute Gasteiger partial charge is 0.130 e. The van der Waals surface area contributed by atoms with Gasteiger partial charge in [-0.1, -0.05) is 26.2 Å². The van der Waals surface area contributed by atoms with E-state index in [1.54, 1.807) is 6.92 Å². The molecule has 0 bridgehead atoms. The summed E-state index contributed by atoms with van der Waals surface area (Å²) in [6.07, 6.45) is 7.55. The first kappa shape index (κ1) is 11.7. The fourth-order valence-corrected chi connectivity index (χ4v) is 2.08. The summed E-state index contributed by atoms with van der Waals surface area (Å²) in [5.41, 5.74) is 0. The van der Waals surface area contributed by atoms with E-state index < -0.39 is 0 Å². The first-order valence-corrected chi connectivity index (χ1v) is 5.79. The zero-order valence-electron chi connectivity index (χ0n) is 9.42. The molecule has 0 aromatic rings. The standard InChI is InChI=1S/C12H22O2.H2/c1-10(8-11(2)13)9-14-12-6-4-3-5-7-12;/h10,12H,3-9H2,1-2H3;1H/t10-;/m1./s1. The third-order valence-electron chi connectivity index (χ3n) is 2.80. The van der Waals surface area contributed by atoms with E-state index in [-0.39, 0.29) is 7.21 Å². The number of ketones is 1. The fourth-order valence-electron chi connectivity index (χ4n) is 2.08. The van der Waals surface area contributed by atoms with E-state index in [0.717, 1.165) is 6.61 Å². The first-order chi connectivity index (χ1) is 6.68. The van der Waals surface area contributed by atoms with Crippen LogP contribution in [0.1, 0.15) is 53.8 Å². The van der Waals surface area contributed by atoms with Crippen LogP contribution in [0.25, 0.3) is 0 Å². The summed E-state index contributed by atoms with van der Waals surface area (Å²) in [7, 11) is 0. The molecular formula is C12H24O2. The van der Waals surface area contributed by atoms with Gasteiger partial charge in [-0.05, 0) is 25.7 Å². The van der Waals surface area contributed by atoms with Crippen LogP contribution in [0.15, 0.2) is 0 Å². The van der Waals surface area contributed by atoms with Gasteiger partial charge in [-0.25, -0.2) is 0 Å². The molecule has 2 nitrogen and oxygen atoms in total. The third kappa shape index (κ3) is 4.75. The van der Waals surface area contributed by atoms with Crippen LogP contribution in [0, 0.1) is 5.92 Å². The van der Waals surface area contributed by atoms with E-state index in [2.05, 4.69) is 6.92 Å². The molecular weight excluding hydrogens is 176 g/mol. The molecule has 1 saturated carbocycles. The molecule has 1 aliphatic rings. The molecule has 2 heteroatoms. The summed E-state index contributed by atoms with van der Waals surface area (Å²) in [6.45, 7) is 4.49. The topological polar surface area (TPSA) is 26.3 Å². The monoisotopic (exact) mass is 200 g/mol. The predicted octanol–water partition coefficient (Wildman–Crippen LogP) is 3.20. The highest BCUT2D eigenvalue weighted by Gasteiger charge is 2.15. The molecule has 0 aromatic carbocycles. The Bertz CT molecular complexity index is 176. The van der Waals surface area contributed by atoms with Crippen molar-refractivity contribution in [2.24, 2.45) is 5.92 Å². The zero-order valence-corrected chi connectivity index (χ0v) is 9.42. The van der Waals surface area contributed by atoms with Gasteiger partial charge in [0.15, 0.2) is 0 Å². The lowest BCUT2D eigenvalue weighted by Crippen LogP contribution is -2.20. The van der Waals surface area contributed by atoms with Crippen LogP contribution in [-0.2, 0) is 9.53 Å². The van der Waals surface area contributed by atoms with Gasteiger partial charge in [-0.3, -0.25) is 0 Å². The van der Waals surface area contributed by atoms with Crippen molar-refractivity contribution in [3.63, 3.8) is 0 Å². The van der Waals surface area contributed by atoms with Crippen molar-refractivity contribution in [2.45, 2.75) is 58.5 Å². The molecule has 0 aliphatic heterocycles. The number of carbonyl (C=O) groups is 1. The first-order valence-electron chi connectivity index (χ1n) is 5.79. The number of hydrogen-bond donors (Lipinski definition) is 0. The Balaban J connectivity index is 0.00000196. The van der Waals surface area contributed by atoms with Crippen molar-refractivity contribution in [1.82, 2.24) is 0 Å². The minimum atomic E-state index is 0. The quantitative estimate of drug-likeness (QED) is 0.681. The van der Waals surface area contributed by atoms with Crippen molar-refractivity contribution in [1.29, 1.82) is 0 Å². The van der Waals surface area contributed by atoms with Gasteiger partial charge >= 0.3 is 0 Å². The Morgan fingerprint density at radius 1 is 1.43 bits per heavy atom. The van der Waals surface area contributed by atoms with Crippen LogP contribution in [0.4, 0.5) is 0 Å². The SMILES string of the molecule is CC(=O)C[C@@H](C)COC1CCCCC1.[HH]. The molecule has 1 rings (SSSR count). The maximum Gasteiger partial charge on any atom is 0.130 e. The summed E-state index contributed by atoms with van der Waals surface area (Å²) in [6, 6.07) is 0. The summed E-state index contributed by atoms with van der Waals surface area (Å²) in [5.74, 6) is 0.652. The second-order valence-electron chi connectivity index (χ2n) is 4.60. The van der Waals surface area contributed by atoms with E-state index in [0.29, 0.717) is 18.4 Å². The Kier molecular flexibility index (Phi) is 5.16. The van der Waals surface area contributed by atoms with Gasteiger partial charge in [0.2, 0.25) is 0 Å². The molecule has 84 valence electrons. The van der Waals surface area contributed by atoms with Crippen LogP contribution in [0.3, 0.4) is 0 Å². The molecule has 0 saturated heterocycles. The Morgan fingerprint density at radius 3 is 2.64 bits per heavy atom. The lowest BCUT2D eigenvalue weighted by molar-refractivity contribution is -0.118. The zero-order chi connectivity index (χ0) is 10.4. The van der Waals surface area contributed by atoms with Crippen LogP contribution < -0.4 is 0 Å². The van der Waals surface area contributed by atoms with Crippen LogP contribution >= 0.6 is 0 Å². The van der Waals surface area contributed by atoms with Crippen LogP contribution in [-0.4, -0.2) is 18.5 Å². The molecule has 1 fully saturated rings. The van der Waals surface area contributed by atoms with Crippen LogP contribution in [0.2, 0.25) is 0 Å². The lowest BCUT2D eigenvalue weighted by Gasteiger charge is -2.23. The van der Waals surface area contributed by atoms with Gasteiger partial charge in [0.05, 0.1) is 6.10 Å². The second kappa shape index (κ2) is 6.18. The van der Waals surface area contributed by atoms with Gasteiger partial charge in [0.25, 0.3) is 0 Å². The maximum absolute atomic E-state index is 10.8. The third-order valence-corrected chi connectivity index (χ3v) is 2.80. The van der Waals surface area contributed by atoms with Crippen molar-refractivity contribution in [3.05, 3.63) is 0 Å². The highest BCUT2D eigenvalue weighted by molar-refractivity contribution is 5.75. The highest BCUT2D eigenvalue weighted by Crippen LogP contribution is 2.21. The van der Waals surface area contributed by atoms with Gasteiger partial charge in [-0.2, -0.15) is 0 Å². The summed E-state index contributed by atoms with van der Waals surface area (Å²) >= 11 is 0. The van der Waals surface area contributed by atoms with E-state index in [4.69, 9.17) is 4.74 Å². The summed E-state index contributed by atoms with van der Waals surface area (Å²) < 4.78 is 5.79. The number of Topliss-reactive ketones (excluding diaryl/α,β-unsaturated/α-hetero) is 1. The molecule has 1 aliphatic carbocycles. The minimum Gasteiger partial charge on any atom is -0.378 e.